The van der Waals surface area contributed by atoms with E-state index in [1.54, 1.807) is 25.1 Å². The van der Waals surface area contributed by atoms with Crippen LogP contribution in [0.5, 0.6) is 0 Å². The molecule has 2 amide bonds. The predicted molar refractivity (Wildman–Crippen MR) is 163 cm³/mol. The van der Waals surface area contributed by atoms with Gasteiger partial charge in [0.1, 0.15) is 23.5 Å². The first-order valence-corrected chi connectivity index (χ1v) is 14.5. The molecule has 2 atom stereocenters. The number of rotatable bonds is 9. The third-order valence-electron chi connectivity index (χ3n) is 7.85. The zero-order valence-electron chi connectivity index (χ0n) is 25.4. The number of amides is 2. The molecule has 0 spiro atoms. The molecule has 47 heavy (non-hydrogen) atoms. The molecule has 7 nitrogen and oxygen atoms in total. The van der Waals surface area contributed by atoms with Crippen LogP contribution >= 0.6 is 0 Å². The average Bonchev–Trinajstić information content (AvgIpc) is 3.40. The van der Waals surface area contributed by atoms with Crippen molar-refractivity contribution in [2.75, 3.05) is 7.05 Å². The number of halogens is 6. The highest BCUT2D eigenvalue weighted by Crippen LogP contribution is 2.34. The number of hydrogen-bond acceptors (Lipinski definition) is 4. The third kappa shape index (κ3) is 7.45. The maximum absolute atomic E-state index is 14.5. The molecule has 0 radical (unpaired) electrons. The van der Waals surface area contributed by atoms with Crippen molar-refractivity contribution < 1.29 is 35.9 Å². The molecule has 3 aromatic carbocycles. The average molecular weight is 654 g/mol. The summed E-state index contributed by atoms with van der Waals surface area (Å²) in [7, 11) is 1.33. The van der Waals surface area contributed by atoms with E-state index in [0.717, 1.165) is 33.9 Å². The molecule has 5 rings (SSSR count). The van der Waals surface area contributed by atoms with Gasteiger partial charge in [0, 0.05) is 24.9 Å². The number of alkyl halides is 3. The fourth-order valence-corrected chi connectivity index (χ4v) is 5.46. The van der Waals surface area contributed by atoms with Gasteiger partial charge >= 0.3 is 6.18 Å². The number of nitrogens with zero attached hydrogens (tertiary/aromatic N) is 3. The van der Waals surface area contributed by atoms with Gasteiger partial charge in [0.25, 0.3) is 5.91 Å². The Kier molecular flexibility index (Phi) is 9.36. The number of fused-ring (bicyclic) bond motifs is 1. The van der Waals surface area contributed by atoms with E-state index in [4.69, 9.17) is 0 Å². The molecular weight excluding hydrogens is 624 g/mol. The van der Waals surface area contributed by atoms with E-state index < -0.39 is 53.9 Å². The Hall–Kier alpha value is -5.20. The molecule has 0 saturated heterocycles. The van der Waals surface area contributed by atoms with Crippen molar-refractivity contribution in [3.63, 3.8) is 0 Å². The predicted octanol–water partition coefficient (Wildman–Crippen LogP) is 7.09. The Morgan fingerprint density at radius 2 is 1.62 bits per heavy atom. The molecule has 2 N–H and O–H groups in total. The Morgan fingerprint density at radius 3 is 2.30 bits per heavy atom. The molecule has 0 saturated carbocycles. The minimum Gasteiger partial charge on any atom is -0.355 e. The molecule has 2 aromatic heterocycles. The van der Waals surface area contributed by atoms with Crippen LogP contribution in [0.1, 0.15) is 51.2 Å². The van der Waals surface area contributed by atoms with Crippen molar-refractivity contribution >= 4 is 22.8 Å². The standard InChI is InChI=1S/C34H29F6N5O2/c1-18-9-27-29(10-19(18)2)45(17-43-27)30(16-34(38,39)40)33(47)44-28(13-20-11-22(35)15-23(36)12-20)31-24(5-4-8-42-31)21-6-7-26(37)25(14-21)32(46)41-3/h4-12,14-15,17,28,30H,13,16H2,1-3H3,(H,41,46)(H,44,47)/t28-,30-/m0/s1. The smallest absolute Gasteiger partial charge is 0.355 e. The van der Waals surface area contributed by atoms with E-state index in [9.17, 15) is 35.9 Å². The Morgan fingerprint density at radius 1 is 0.915 bits per heavy atom. The van der Waals surface area contributed by atoms with Crippen LogP contribution in [-0.2, 0) is 11.2 Å². The first-order valence-electron chi connectivity index (χ1n) is 14.5. The molecule has 0 aliphatic carbocycles. The SMILES string of the molecule is CNC(=O)c1cc(-c2cccnc2[C@H](Cc2cc(F)cc(F)c2)NC(=O)[C@H](CC(F)(F)F)n2cnc3cc(C)c(C)cc32)ccc1F. The molecule has 0 fully saturated rings. The van der Waals surface area contributed by atoms with Gasteiger partial charge in [-0.25, -0.2) is 18.2 Å². The third-order valence-corrected chi connectivity index (χ3v) is 7.85. The van der Waals surface area contributed by atoms with Crippen LogP contribution in [-0.4, -0.2) is 39.6 Å². The lowest BCUT2D eigenvalue weighted by molar-refractivity contribution is -0.152. The van der Waals surface area contributed by atoms with Gasteiger partial charge in [-0.2, -0.15) is 13.2 Å². The molecular formula is C34H29F6N5O2. The Bertz CT molecular complexity index is 1950. The fourth-order valence-electron chi connectivity index (χ4n) is 5.46. The first-order chi connectivity index (χ1) is 22.2. The number of pyridine rings is 1. The van der Waals surface area contributed by atoms with E-state index in [-0.39, 0.29) is 23.2 Å². The van der Waals surface area contributed by atoms with Gasteiger partial charge in [0.2, 0.25) is 5.91 Å². The van der Waals surface area contributed by atoms with Crippen LogP contribution in [0.2, 0.25) is 0 Å². The maximum atomic E-state index is 14.5. The summed E-state index contributed by atoms with van der Waals surface area (Å²) in [5, 5.41) is 4.99. The van der Waals surface area contributed by atoms with Gasteiger partial charge < -0.3 is 15.2 Å². The number of hydrogen-bond donors (Lipinski definition) is 2. The summed E-state index contributed by atoms with van der Waals surface area (Å²) in [5.74, 6) is -4.35. The van der Waals surface area contributed by atoms with Gasteiger partial charge in [-0.15, -0.1) is 0 Å². The van der Waals surface area contributed by atoms with E-state index in [0.29, 0.717) is 28.2 Å². The van der Waals surface area contributed by atoms with Gasteiger partial charge in [0.15, 0.2) is 0 Å². The van der Waals surface area contributed by atoms with Gasteiger partial charge in [-0.1, -0.05) is 12.1 Å². The van der Waals surface area contributed by atoms with Crippen molar-refractivity contribution in [3.05, 3.63) is 119 Å². The molecule has 2 heterocycles. The highest BCUT2D eigenvalue weighted by Gasteiger charge is 2.38. The molecule has 244 valence electrons. The second kappa shape index (κ2) is 13.3. The Labute approximate surface area is 265 Å². The highest BCUT2D eigenvalue weighted by molar-refractivity contribution is 5.95. The monoisotopic (exact) mass is 653 g/mol. The normalized spacial score (nSPS) is 13.0. The van der Waals surface area contributed by atoms with Crippen LogP contribution in [0.25, 0.3) is 22.2 Å². The van der Waals surface area contributed by atoms with Crippen LogP contribution in [0.4, 0.5) is 26.3 Å². The first kappa shape index (κ1) is 33.2. The van der Waals surface area contributed by atoms with Crippen molar-refractivity contribution in [1.82, 2.24) is 25.2 Å². The molecule has 5 aromatic rings. The van der Waals surface area contributed by atoms with E-state index in [2.05, 4.69) is 20.6 Å². The number of imidazole rings is 1. The summed E-state index contributed by atoms with van der Waals surface area (Å²) in [4.78, 5) is 34.9. The zero-order valence-corrected chi connectivity index (χ0v) is 25.4. The highest BCUT2D eigenvalue weighted by atomic mass is 19.4. The lowest BCUT2D eigenvalue weighted by Crippen LogP contribution is -2.38. The molecule has 13 heteroatoms. The quantitative estimate of drug-likeness (QED) is 0.166. The minimum absolute atomic E-state index is 0.0844. The second-order valence-corrected chi connectivity index (χ2v) is 11.2. The van der Waals surface area contributed by atoms with Crippen molar-refractivity contribution in [1.29, 1.82) is 0 Å². The minimum atomic E-state index is -4.76. The topological polar surface area (TPSA) is 88.9 Å². The number of benzene rings is 3. The van der Waals surface area contributed by atoms with Gasteiger partial charge in [-0.05, 0) is 85.0 Å². The van der Waals surface area contributed by atoms with Crippen molar-refractivity contribution in [2.45, 2.75) is 44.9 Å². The number of carbonyl (C=O) groups is 2. The summed E-state index contributed by atoms with van der Waals surface area (Å²) in [5.41, 5.74) is 2.87. The molecule has 0 aliphatic heterocycles. The van der Waals surface area contributed by atoms with Crippen LogP contribution < -0.4 is 10.6 Å². The summed E-state index contributed by atoms with van der Waals surface area (Å²) >= 11 is 0. The summed E-state index contributed by atoms with van der Waals surface area (Å²) in [6.07, 6.45) is -4.05. The van der Waals surface area contributed by atoms with Crippen LogP contribution in [0.15, 0.2) is 73.2 Å². The molecule has 0 bridgehead atoms. The summed E-state index contributed by atoms with van der Waals surface area (Å²) in [6.45, 7) is 3.61. The lowest BCUT2D eigenvalue weighted by atomic mass is 9.94. The molecule has 0 aliphatic rings. The van der Waals surface area contributed by atoms with E-state index >= 15 is 0 Å². The fraction of sp³-hybridized carbons (Fsp3) is 0.235. The van der Waals surface area contributed by atoms with Crippen LogP contribution in [0.3, 0.4) is 0 Å². The van der Waals surface area contributed by atoms with Crippen molar-refractivity contribution in [3.8, 4) is 11.1 Å². The second-order valence-electron chi connectivity index (χ2n) is 11.2. The van der Waals surface area contributed by atoms with Gasteiger partial charge in [0.05, 0.1) is 41.1 Å². The largest absolute Gasteiger partial charge is 0.391 e. The van der Waals surface area contributed by atoms with Crippen molar-refractivity contribution in [2.24, 2.45) is 0 Å². The number of aromatic nitrogens is 3. The van der Waals surface area contributed by atoms with E-state index in [1.807, 2.05) is 6.92 Å². The van der Waals surface area contributed by atoms with E-state index in [1.165, 1.54) is 37.8 Å². The summed E-state index contributed by atoms with van der Waals surface area (Å²) < 4.78 is 86.1. The lowest BCUT2D eigenvalue weighted by Gasteiger charge is -2.26. The summed E-state index contributed by atoms with van der Waals surface area (Å²) in [6, 6.07) is 9.86. The maximum Gasteiger partial charge on any atom is 0.391 e. The molecule has 0 unspecified atom stereocenters. The number of nitrogens with one attached hydrogen (secondary N) is 2. The Balaban J connectivity index is 1.62. The number of aryl methyl sites for hydroxylation is 2. The number of carbonyl (C=O) groups excluding carboxylic acids is 2. The van der Waals surface area contributed by atoms with Crippen LogP contribution in [0, 0.1) is 31.3 Å². The van der Waals surface area contributed by atoms with Gasteiger partial charge in [-0.3, -0.25) is 14.6 Å². The zero-order chi connectivity index (χ0) is 34.0.